The van der Waals surface area contributed by atoms with Crippen molar-refractivity contribution in [3.63, 3.8) is 0 Å². The molecule has 0 aliphatic rings. The predicted molar refractivity (Wildman–Crippen MR) is 76.0 cm³/mol. The summed E-state index contributed by atoms with van der Waals surface area (Å²) in [7, 11) is 0. The molecule has 0 amide bonds. The maximum absolute atomic E-state index is 12.7. The molecule has 2 aromatic rings. The molecule has 0 saturated carbocycles. The minimum Gasteiger partial charge on any atom is -0.289 e. The van der Waals surface area contributed by atoms with Gasteiger partial charge in [-0.25, -0.2) is 0 Å². The third kappa shape index (κ3) is 4.05. The second kappa shape index (κ2) is 5.95. The molecule has 4 heteroatoms. The summed E-state index contributed by atoms with van der Waals surface area (Å²) in [5.41, 5.74) is 1.05. The topological polar surface area (TPSA) is 17.1 Å². The molecule has 108 valence electrons. The second-order valence-corrected chi connectivity index (χ2v) is 4.66. The number of rotatable bonds is 3. The van der Waals surface area contributed by atoms with Crippen LogP contribution in [0.25, 0.3) is 5.57 Å². The van der Waals surface area contributed by atoms with Crippen molar-refractivity contribution in [1.29, 1.82) is 0 Å². The highest BCUT2D eigenvalue weighted by molar-refractivity contribution is 6.29. The van der Waals surface area contributed by atoms with Gasteiger partial charge in [0.25, 0.3) is 0 Å². The number of alkyl halides is 3. The summed E-state index contributed by atoms with van der Waals surface area (Å²) in [5.74, 6) is -0.642. The fourth-order valence-electron chi connectivity index (χ4n) is 1.92. The first-order valence-electron chi connectivity index (χ1n) is 6.33. The molecule has 0 atom stereocenters. The van der Waals surface area contributed by atoms with E-state index in [1.807, 2.05) is 6.92 Å². The van der Waals surface area contributed by atoms with Crippen molar-refractivity contribution in [3.8, 4) is 0 Å². The average Bonchev–Trinajstić information content (AvgIpc) is 2.45. The van der Waals surface area contributed by atoms with Crippen LogP contribution in [0.4, 0.5) is 13.2 Å². The van der Waals surface area contributed by atoms with Gasteiger partial charge in [0.15, 0.2) is 5.78 Å². The number of aryl methyl sites for hydroxylation is 1. The highest BCUT2D eigenvalue weighted by Gasteiger charge is 2.27. The van der Waals surface area contributed by atoms with Crippen LogP contribution in [-0.4, -0.2) is 12.0 Å². The largest absolute Gasteiger partial charge is 0.410 e. The Labute approximate surface area is 120 Å². The molecule has 0 bridgehead atoms. The van der Waals surface area contributed by atoms with Crippen molar-refractivity contribution in [2.45, 2.75) is 13.1 Å². The fourth-order valence-corrected chi connectivity index (χ4v) is 1.92. The fraction of sp³-hybridized carbons (Fsp3) is 0.118. The quantitative estimate of drug-likeness (QED) is 0.585. The van der Waals surface area contributed by atoms with Crippen molar-refractivity contribution in [1.82, 2.24) is 0 Å². The Kier molecular flexibility index (Phi) is 4.26. The van der Waals surface area contributed by atoms with E-state index in [2.05, 4.69) is 0 Å². The lowest BCUT2D eigenvalue weighted by molar-refractivity contribution is -0.0793. The SMILES string of the molecule is Cc1ccc(C(=CC(F)(F)F)C(=O)c2ccccc2)cc1. The molecule has 0 aliphatic heterocycles. The van der Waals surface area contributed by atoms with Crippen LogP contribution in [-0.2, 0) is 0 Å². The number of Topliss-reactive ketones (excluding diaryl/α,β-unsaturated/α-hetero) is 1. The zero-order valence-electron chi connectivity index (χ0n) is 11.3. The maximum atomic E-state index is 12.7. The van der Waals surface area contributed by atoms with Crippen molar-refractivity contribution < 1.29 is 18.0 Å². The van der Waals surface area contributed by atoms with Crippen LogP contribution >= 0.6 is 0 Å². The molecule has 0 aliphatic carbocycles. The monoisotopic (exact) mass is 290 g/mol. The van der Waals surface area contributed by atoms with Gasteiger partial charge in [0.1, 0.15) is 0 Å². The number of hydrogen-bond acceptors (Lipinski definition) is 1. The molecular weight excluding hydrogens is 277 g/mol. The van der Waals surface area contributed by atoms with Crippen LogP contribution in [0.2, 0.25) is 0 Å². The van der Waals surface area contributed by atoms with Crippen molar-refractivity contribution >= 4 is 11.4 Å². The van der Waals surface area contributed by atoms with Gasteiger partial charge in [-0.15, -0.1) is 0 Å². The van der Waals surface area contributed by atoms with Gasteiger partial charge in [-0.2, -0.15) is 13.2 Å². The van der Waals surface area contributed by atoms with E-state index in [9.17, 15) is 18.0 Å². The maximum Gasteiger partial charge on any atom is 0.410 e. The summed E-state index contributed by atoms with van der Waals surface area (Å²) in [6, 6.07) is 14.3. The minimum absolute atomic E-state index is 0.0625. The first kappa shape index (κ1) is 15.0. The van der Waals surface area contributed by atoms with E-state index >= 15 is 0 Å². The van der Waals surface area contributed by atoms with Crippen molar-refractivity contribution in [3.05, 3.63) is 77.4 Å². The summed E-state index contributed by atoms with van der Waals surface area (Å²) >= 11 is 0. The molecule has 2 aromatic carbocycles. The summed E-state index contributed by atoms with van der Waals surface area (Å²) < 4.78 is 38.2. The lowest BCUT2D eigenvalue weighted by Gasteiger charge is -2.09. The molecule has 0 saturated heterocycles. The number of allylic oxidation sites excluding steroid dienone is 2. The molecule has 0 fully saturated rings. The van der Waals surface area contributed by atoms with Gasteiger partial charge < -0.3 is 0 Å². The molecule has 0 aromatic heterocycles. The van der Waals surface area contributed by atoms with Gasteiger partial charge in [0.05, 0.1) is 0 Å². The zero-order valence-corrected chi connectivity index (χ0v) is 11.3. The van der Waals surface area contributed by atoms with Gasteiger partial charge in [-0.05, 0) is 12.5 Å². The summed E-state index contributed by atoms with van der Waals surface area (Å²) in [6.07, 6.45) is -4.49. The van der Waals surface area contributed by atoms with Gasteiger partial charge >= 0.3 is 6.18 Å². The zero-order chi connectivity index (χ0) is 15.5. The number of carbonyl (C=O) groups excluding carboxylic acids is 1. The van der Waals surface area contributed by atoms with Gasteiger partial charge in [0, 0.05) is 17.2 Å². The van der Waals surface area contributed by atoms with Crippen LogP contribution in [0.3, 0.4) is 0 Å². The summed E-state index contributed by atoms with van der Waals surface area (Å²) in [6.45, 7) is 1.83. The number of benzene rings is 2. The van der Waals surface area contributed by atoms with Crippen LogP contribution in [0.5, 0.6) is 0 Å². The standard InChI is InChI=1S/C17H13F3O/c1-12-7-9-13(10-8-12)15(11-17(18,19)20)16(21)14-5-3-2-4-6-14/h2-11H,1H3. The van der Waals surface area contributed by atoms with E-state index in [-0.39, 0.29) is 22.8 Å². The van der Waals surface area contributed by atoms with Crippen LogP contribution in [0, 0.1) is 6.92 Å². The van der Waals surface area contributed by atoms with Crippen LogP contribution in [0.15, 0.2) is 60.7 Å². The molecule has 0 unspecified atom stereocenters. The molecule has 21 heavy (non-hydrogen) atoms. The summed E-state index contributed by atoms with van der Waals surface area (Å²) in [5, 5.41) is 0. The molecule has 1 nitrogen and oxygen atoms in total. The molecule has 0 spiro atoms. The van der Waals surface area contributed by atoms with E-state index < -0.39 is 12.0 Å². The van der Waals surface area contributed by atoms with Gasteiger partial charge in [0.2, 0.25) is 0 Å². The number of halogens is 3. The first-order chi connectivity index (χ1) is 9.87. The Balaban J connectivity index is 2.50. The minimum atomic E-state index is -4.55. The number of carbonyl (C=O) groups is 1. The highest BCUT2D eigenvalue weighted by atomic mass is 19.4. The van der Waals surface area contributed by atoms with E-state index in [1.54, 1.807) is 30.3 Å². The first-order valence-corrected chi connectivity index (χ1v) is 6.33. The van der Waals surface area contributed by atoms with Crippen LogP contribution < -0.4 is 0 Å². The Hall–Kier alpha value is -2.36. The lowest BCUT2D eigenvalue weighted by Crippen LogP contribution is -2.09. The number of hydrogen-bond donors (Lipinski definition) is 0. The second-order valence-electron chi connectivity index (χ2n) is 4.66. The Morgan fingerprint density at radius 2 is 1.48 bits per heavy atom. The van der Waals surface area contributed by atoms with Gasteiger partial charge in [-0.1, -0.05) is 60.2 Å². The predicted octanol–water partition coefficient (Wildman–Crippen LogP) is 4.82. The smallest absolute Gasteiger partial charge is 0.289 e. The third-order valence-electron chi connectivity index (χ3n) is 2.95. The van der Waals surface area contributed by atoms with Crippen LogP contribution in [0.1, 0.15) is 21.5 Å². The van der Waals surface area contributed by atoms with E-state index in [0.29, 0.717) is 0 Å². The normalized spacial score (nSPS) is 12.3. The van der Waals surface area contributed by atoms with E-state index in [4.69, 9.17) is 0 Å². The molecular formula is C17H13F3O. The van der Waals surface area contributed by atoms with E-state index in [0.717, 1.165) is 5.56 Å². The molecule has 0 radical (unpaired) electrons. The third-order valence-corrected chi connectivity index (χ3v) is 2.95. The lowest BCUT2D eigenvalue weighted by atomic mass is 9.95. The number of ketones is 1. The van der Waals surface area contributed by atoms with Crippen molar-refractivity contribution in [2.24, 2.45) is 0 Å². The summed E-state index contributed by atoms with van der Waals surface area (Å²) in [4.78, 5) is 12.3. The molecule has 0 heterocycles. The Morgan fingerprint density at radius 3 is 2.00 bits per heavy atom. The van der Waals surface area contributed by atoms with Gasteiger partial charge in [-0.3, -0.25) is 4.79 Å². The van der Waals surface area contributed by atoms with Crippen molar-refractivity contribution in [2.75, 3.05) is 0 Å². The Morgan fingerprint density at radius 1 is 0.905 bits per heavy atom. The average molecular weight is 290 g/mol. The van der Waals surface area contributed by atoms with E-state index in [1.165, 1.54) is 24.3 Å². The molecule has 2 rings (SSSR count). The molecule has 0 N–H and O–H groups in total. The Bertz CT molecular complexity index is 653. The highest BCUT2D eigenvalue weighted by Crippen LogP contribution is 2.27.